The Bertz CT molecular complexity index is 172. The van der Waals surface area contributed by atoms with Gasteiger partial charge in [0.1, 0.15) is 0 Å². The molecule has 3 atom stereocenters. The highest BCUT2D eigenvalue weighted by molar-refractivity contribution is 5.00. The van der Waals surface area contributed by atoms with Crippen molar-refractivity contribution >= 4 is 0 Å². The van der Waals surface area contributed by atoms with Gasteiger partial charge in [0.15, 0.2) is 0 Å². The molecule has 2 heteroatoms. The average molecular weight is 196 g/mol. The second-order valence-corrected chi connectivity index (χ2v) is 3.90. The Kier molecular flexibility index (Phi) is 7.55. The Morgan fingerprint density at radius 2 is 2.07 bits per heavy atom. The summed E-state index contributed by atoms with van der Waals surface area (Å²) in [5.74, 6) is 3.37. The molecule has 0 aromatic carbocycles. The van der Waals surface area contributed by atoms with Crippen molar-refractivity contribution in [1.29, 1.82) is 0 Å². The third-order valence-electron chi connectivity index (χ3n) is 2.78. The zero-order chi connectivity index (χ0) is 11.0. The molecule has 0 saturated carbocycles. The van der Waals surface area contributed by atoms with Crippen LogP contribution < -0.4 is 11.1 Å². The van der Waals surface area contributed by atoms with Crippen molar-refractivity contribution in [3.8, 4) is 12.3 Å². The molecule has 0 radical (unpaired) electrons. The molecule has 0 saturated heterocycles. The summed E-state index contributed by atoms with van der Waals surface area (Å²) in [5, 5.41) is 3.44. The fourth-order valence-electron chi connectivity index (χ4n) is 1.51. The molecule has 0 aromatic heterocycles. The van der Waals surface area contributed by atoms with Crippen molar-refractivity contribution in [2.24, 2.45) is 11.7 Å². The van der Waals surface area contributed by atoms with Gasteiger partial charge >= 0.3 is 0 Å². The largest absolute Gasteiger partial charge is 0.329 e. The van der Waals surface area contributed by atoms with Crippen LogP contribution in [0.5, 0.6) is 0 Å². The Balaban J connectivity index is 4.08. The van der Waals surface area contributed by atoms with E-state index in [1.165, 1.54) is 0 Å². The van der Waals surface area contributed by atoms with E-state index in [9.17, 15) is 0 Å². The molecule has 14 heavy (non-hydrogen) atoms. The topological polar surface area (TPSA) is 38.0 Å². The second kappa shape index (κ2) is 7.84. The smallest absolute Gasteiger partial charge is 0.0689 e. The van der Waals surface area contributed by atoms with E-state index < -0.39 is 0 Å². The molecule has 2 nitrogen and oxygen atoms in total. The average Bonchev–Trinajstić information content (AvgIpc) is 2.23. The number of nitrogens with one attached hydrogen (secondary N) is 1. The molecule has 0 aliphatic rings. The van der Waals surface area contributed by atoms with E-state index in [1.54, 1.807) is 0 Å². The SMILES string of the molecule is C#CC(CCC)NC(CN)C(C)CC. The molecule has 0 amide bonds. The highest BCUT2D eigenvalue weighted by Gasteiger charge is 2.16. The Hall–Kier alpha value is -0.520. The monoisotopic (exact) mass is 196 g/mol. The molecule has 3 N–H and O–H groups in total. The van der Waals surface area contributed by atoms with Gasteiger partial charge in [0, 0.05) is 12.6 Å². The lowest BCUT2D eigenvalue weighted by Gasteiger charge is -2.26. The summed E-state index contributed by atoms with van der Waals surface area (Å²) in [6.45, 7) is 7.20. The molecule has 0 fully saturated rings. The zero-order valence-corrected chi connectivity index (χ0v) is 9.72. The van der Waals surface area contributed by atoms with E-state index in [2.05, 4.69) is 32.0 Å². The van der Waals surface area contributed by atoms with E-state index in [0.29, 0.717) is 18.5 Å². The lowest BCUT2D eigenvalue weighted by atomic mass is 9.98. The second-order valence-electron chi connectivity index (χ2n) is 3.90. The van der Waals surface area contributed by atoms with Crippen molar-refractivity contribution < 1.29 is 0 Å². The standard InChI is InChI=1S/C12H24N2/c1-5-8-11(7-3)14-12(9-13)10(4)6-2/h3,10-12,14H,5-6,8-9,13H2,1-2,4H3. The summed E-state index contributed by atoms with van der Waals surface area (Å²) in [4.78, 5) is 0. The molecule has 3 unspecified atom stereocenters. The maximum absolute atomic E-state index is 5.72. The fourth-order valence-corrected chi connectivity index (χ4v) is 1.51. The molecule has 0 aliphatic carbocycles. The third kappa shape index (κ3) is 4.64. The predicted octanol–water partition coefficient (Wildman–Crippen LogP) is 1.75. The molecule has 0 aromatic rings. The quantitative estimate of drug-likeness (QED) is 0.609. The lowest BCUT2D eigenvalue weighted by Crippen LogP contribution is -2.45. The molecule has 0 spiro atoms. The van der Waals surface area contributed by atoms with Crippen molar-refractivity contribution in [2.75, 3.05) is 6.54 Å². The van der Waals surface area contributed by atoms with Crippen molar-refractivity contribution in [3.05, 3.63) is 0 Å². The van der Waals surface area contributed by atoms with Crippen LogP contribution in [0.4, 0.5) is 0 Å². The van der Waals surface area contributed by atoms with Gasteiger partial charge in [-0.15, -0.1) is 6.42 Å². The lowest BCUT2D eigenvalue weighted by molar-refractivity contribution is 0.349. The number of terminal acetylenes is 1. The molecule has 82 valence electrons. The van der Waals surface area contributed by atoms with Gasteiger partial charge in [-0.1, -0.05) is 39.5 Å². The number of rotatable bonds is 7. The highest BCUT2D eigenvalue weighted by Crippen LogP contribution is 2.08. The van der Waals surface area contributed by atoms with Crippen molar-refractivity contribution in [1.82, 2.24) is 5.32 Å². The fraction of sp³-hybridized carbons (Fsp3) is 0.833. The number of hydrogen-bond acceptors (Lipinski definition) is 2. The van der Waals surface area contributed by atoms with E-state index in [1.807, 2.05) is 0 Å². The molecule has 0 bridgehead atoms. The van der Waals surface area contributed by atoms with E-state index >= 15 is 0 Å². The van der Waals surface area contributed by atoms with Crippen molar-refractivity contribution in [2.45, 2.75) is 52.1 Å². The Morgan fingerprint density at radius 3 is 2.43 bits per heavy atom. The first kappa shape index (κ1) is 13.5. The molecule has 0 rings (SSSR count). The van der Waals surface area contributed by atoms with Gasteiger partial charge in [-0.3, -0.25) is 5.32 Å². The minimum atomic E-state index is 0.183. The van der Waals surface area contributed by atoms with Gasteiger partial charge < -0.3 is 5.73 Å². The van der Waals surface area contributed by atoms with Crippen LogP contribution in [0.15, 0.2) is 0 Å². The summed E-state index contributed by atoms with van der Waals surface area (Å²) in [7, 11) is 0. The summed E-state index contributed by atoms with van der Waals surface area (Å²) >= 11 is 0. The molecule has 0 heterocycles. The first-order valence-corrected chi connectivity index (χ1v) is 5.61. The summed E-state index contributed by atoms with van der Waals surface area (Å²) < 4.78 is 0. The first-order valence-electron chi connectivity index (χ1n) is 5.61. The predicted molar refractivity (Wildman–Crippen MR) is 63.0 cm³/mol. The van der Waals surface area contributed by atoms with Crippen LogP contribution in [0.25, 0.3) is 0 Å². The van der Waals surface area contributed by atoms with E-state index in [-0.39, 0.29) is 6.04 Å². The maximum Gasteiger partial charge on any atom is 0.0689 e. The van der Waals surface area contributed by atoms with Gasteiger partial charge in [0.25, 0.3) is 0 Å². The van der Waals surface area contributed by atoms with Crippen LogP contribution >= 0.6 is 0 Å². The van der Waals surface area contributed by atoms with Gasteiger partial charge in [0.2, 0.25) is 0 Å². The normalized spacial score (nSPS) is 17.1. The van der Waals surface area contributed by atoms with Gasteiger partial charge in [0.05, 0.1) is 6.04 Å². The van der Waals surface area contributed by atoms with Gasteiger partial charge in [-0.2, -0.15) is 0 Å². The highest BCUT2D eigenvalue weighted by atomic mass is 15.0. The van der Waals surface area contributed by atoms with E-state index in [0.717, 1.165) is 19.3 Å². The van der Waals surface area contributed by atoms with Crippen LogP contribution in [-0.2, 0) is 0 Å². The van der Waals surface area contributed by atoms with Crippen molar-refractivity contribution in [3.63, 3.8) is 0 Å². The maximum atomic E-state index is 5.72. The summed E-state index contributed by atoms with van der Waals surface area (Å²) in [5.41, 5.74) is 5.72. The molecule has 0 aliphatic heterocycles. The number of nitrogens with two attached hydrogens (primary N) is 1. The van der Waals surface area contributed by atoms with Crippen LogP contribution in [0, 0.1) is 18.3 Å². The minimum Gasteiger partial charge on any atom is -0.329 e. The molecular weight excluding hydrogens is 172 g/mol. The Morgan fingerprint density at radius 1 is 1.43 bits per heavy atom. The summed E-state index contributed by atoms with van der Waals surface area (Å²) in [6, 6.07) is 0.537. The first-order chi connectivity index (χ1) is 6.69. The van der Waals surface area contributed by atoms with Crippen LogP contribution in [0.3, 0.4) is 0 Å². The van der Waals surface area contributed by atoms with E-state index in [4.69, 9.17) is 12.2 Å². The molecular formula is C12H24N2. The minimum absolute atomic E-state index is 0.183. The zero-order valence-electron chi connectivity index (χ0n) is 9.72. The van der Waals surface area contributed by atoms with Crippen LogP contribution in [-0.4, -0.2) is 18.6 Å². The summed E-state index contributed by atoms with van der Waals surface area (Å²) in [6.07, 6.45) is 8.73. The third-order valence-corrected chi connectivity index (χ3v) is 2.78. The van der Waals surface area contributed by atoms with Crippen LogP contribution in [0.1, 0.15) is 40.0 Å². The van der Waals surface area contributed by atoms with Gasteiger partial charge in [-0.25, -0.2) is 0 Å². The van der Waals surface area contributed by atoms with Gasteiger partial charge in [-0.05, 0) is 12.3 Å². The Labute approximate surface area is 88.6 Å². The number of hydrogen-bond donors (Lipinski definition) is 2. The van der Waals surface area contributed by atoms with Crippen LogP contribution in [0.2, 0.25) is 0 Å².